The molecule has 30 heavy (non-hydrogen) atoms. The lowest BCUT2D eigenvalue weighted by atomic mass is 9.88. The molecular formula is C29H27N. The fraction of sp³-hybridized carbons (Fsp3) is 0.172. The van der Waals surface area contributed by atoms with Crippen molar-refractivity contribution >= 4 is 0 Å². The topological polar surface area (TPSA) is 12.0 Å². The molecule has 0 atom stereocenters. The van der Waals surface area contributed by atoms with Crippen LogP contribution in [0.4, 0.5) is 0 Å². The first-order valence-electron chi connectivity index (χ1n) is 10.9. The predicted molar refractivity (Wildman–Crippen MR) is 126 cm³/mol. The van der Waals surface area contributed by atoms with Crippen LogP contribution in [0.15, 0.2) is 103 Å². The Balaban J connectivity index is 1.23. The van der Waals surface area contributed by atoms with E-state index in [1.54, 1.807) is 0 Å². The van der Waals surface area contributed by atoms with E-state index >= 15 is 0 Å². The number of hydrogen-bond acceptors (Lipinski definition) is 1. The second-order valence-corrected chi connectivity index (χ2v) is 8.16. The molecule has 4 aromatic carbocycles. The zero-order chi connectivity index (χ0) is 20.2. The smallest absolute Gasteiger partial charge is 0.0205 e. The molecule has 148 valence electrons. The summed E-state index contributed by atoms with van der Waals surface area (Å²) in [5, 5.41) is 3.68. The average Bonchev–Trinajstić information content (AvgIpc) is 3.18. The van der Waals surface area contributed by atoms with Crippen LogP contribution >= 0.6 is 0 Å². The van der Waals surface area contributed by atoms with Crippen molar-refractivity contribution in [2.75, 3.05) is 6.54 Å². The Labute approximate surface area is 179 Å². The molecule has 0 bridgehead atoms. The van der Waals surface area contributed by atoms with Crippen molar-refractivity contribution in [2.24, 2.45) is 0 Å². The lowest BCUT2D eigenvalue weighted by Gasteiger charge is -2.18. The number of nitrogens with one attached hydrogen (secondary N) is 1. The minimum absolute atomic E-state index is 0.425. The molecule has 0 fully saturated rings. The molecule has 0 aliphatic heterocycles. The van der Waals surface area contributed by atoms with E-state index in [-0.39, 0.29) is 0 Å². The average molecular weight is 390 g/mol. The summed E-state index contributed by atoms with van der Waals surface area (Å²) in [7, 11) is 0. The van der Waals surface area contributed by atoms with Crippen molar-refractivity contribution in [3.8, 4) is 11.1 Å². The van der Waals surface area contributed by atoms with Crippen LogP contribution in [0.3, 0.4) is 0 Å². The van der Waals surface area contributed by atoms with E-state index in [4.69, 9.17) is 0 Å². The molecule has 0 aromatic heterocycles. The lowest BCUT2D eigenvalue weighted by molar-refractivity contribution is 0.611. The summed E-state index contributed by atoms with van der Waals surface area (Å²) in [4.78, 5) is 0. The number of fused-ring (bicyclic) bond motifs is 3. The molecule has 0 amide bonds. The third-order valence-corrected chi connectivity index (χ3v) is 6.20. The third-order valence-electron chi connectivity index (χ3n) is 6.20. The van der Waals surface area contributed by atoms with E-state index in [0.29, 0.717) is 5.92 Å². The molecule has 0 saturated heterocycles. The number of hydrogen-bond donors (Lipinski definition) is 1. The quantitative estimate of drug-likeness (QED) is 0.310. The van der Waals surface area contributed by atoms with Gasteiger partial charge in [0.2, 0.25) is 0 Å². The maximum atomic E-state index is 3.68. The first-order chi connectivity index (χ1) is 14.9. The number of benzene rings is 4. The standard InChI is InChI=1S/C29H27N/c1-3-9-23(10-4-1)27(24-11-5-2-6-12-24)17-18-30-21-22-15-16-29-26(19-22)20-25-13-7-8-14-28(25)29/h1-16,19,27,30H,17-18,20-21H2. The van der Waals surface area contributed by atoms with Gasteiger partial charge in [-0.3, -0.25) is 0 Å². The molecule has 0 unspecified atom stereocenters. The van der Waals surface area contributed by atoms with Gasteiger partial charge in [0.25, 0.3) is 0 Å². The Morgan fingerprint density at radius 2 is 1.27 bits per heavy atom. The van der Waals surface area contributed by atoms with Crippen LogP contribution in [0.5, 0.6) is 0 Å². The van der Waals surface area contributed by atoms with Crippen LogP contribution in [-0.4, -0.2) is 6.54 Å². The van der Waals surface area contributed by atoms with Gasteiger partial charge >= 0.3 is 0 Å². The van der Waals surface area contributed by atoms with Crippen LogP contribution in [-0.2, 0) is 13.0 Å². The highest BCUT2D eigenvalue weighted by Gasteiger charge is 2.18. The molecule has 0 radical (unpaired) electrons. The van der Waals surface area contributed by atoms with E-state index in [2.05, 4.69) is 108 Å². The minimum atomic E-state index is 0.425. The van der Waals surface area contributed by atoms with Crippen LogP contribution in [0.2, 0.25) is 0 Å². The van der Waals surface area contributed by atoms with Crippen molar-refractivity contribution < 1.29 is 0 Å². The summed E-state index contributed by atoms with van der Waals surface area (Å²) in [5.74, 6) is 0.425. The van der Waals surface area contributed by atoms with E-state index in [9.17, 15) is 0 Å². The minimum Gasteiger partial charge on any atom is -0.313 e. The maximum absolute atomic E-state index is 3.68. The molecule has 0 heterocycles. The largest absolute Gasteiger partial charge is 0.313 e. The Morgan fingerprint density at radius 3 is 2.00 bits per heavy atom. The van der Waals surface area contributed by atoms with Gasteiger partial charge in [0.1, 0.15) is 0 Å². The van der Waals surface area contributed by atoms with Gasteiger partial charge in [0.05, 0.1) is 0 Å². The second-order valence-electron chi connectivity index (χ2n) is 8.16. The lowest BCUT2D eigenvalue weighted by Crippen LogP contribution is -2.18. The highest BCUT2D eigenvalue weighted by atomic mass is 14.8. The van der Waals surface area contributed by atoms with E-state index in [0.717, 1.165) is 25.9 Å². The van der Waals surface area contributed by atoms with Gasteiger partial charge < -0.3 is 5.32 Å². The molecule has 1 aliphatic carbocycles. The van der Waals surface area contributed by atoms with Crippen LogP contribution < -0.4 is 5.32 Å². The molecule has 0 saturated carbocycles. The molecule has 1 nitrogen and oxygen atoms in total. The fourth-order valence-corrected chi connectivity index (χ4v) is 4.68. The fourth-order valence-electron chi connectivity index (χ4n) is 4.68. The molecule has 1 aliphatic rings. The van der Waals surface area contributed by atoms with Crippen molar-refractivity contribution in [2.45, 2.75) is 25.3 Å². The Bertz CT molecular complexity index is 1080. The molecule has 1 heteroatoms. The maximum Gasteiger partial charge on any atom is 0.0205 e. The van der Waals surface area contributed by atoms with Crippen LogP contribution in [0.25, 0.3) is 11.1 Å². The van der Waals surface area contributed by atoms with Gasteiger partial charge in [-0.1, -0.05) is 103 Å². The molecular weight excluding hydrogens is 362 g/mol. The van der Waals surface area contributed by atoms with Crippen LogP contribution in [0.1, 0.15) is 40.2 Å². The highest BCUT2D eigenvalue weighted by Crippen LogP contribution is 2.36. The Morgan fingerprint density at radius 1 is 0.633 bits per heavy atom. The summed E-state index contributed by atoms with van der Waals surface area (Å²) >= 11 is 0. The summed E-state index contributed by atoms with van der Waals surface area (Å²) < 4.78 is 0. The number of rotatable bonds is 7. The zero-order valence-corrected chi connectivity index (χ0v) is 17.2. The summed E-state index contributed by atoms with van der Waals surface area (Å²) in [6.07, 6.45) is 2.15. The first-order valence-corrected chi connectivity index (χ1v) is 10.9. The van der Waals surface area contributed by atoms with Crippen molar-refractivity contribution in [3.63, 3.8) is 0 Å². The van der Waals surface area contributed by atoms with Crippen LogP contribution in [0, 0.1) is 0 Å². The second kappa shape index (κ2) is 8.69. The van der Waals surface area contributed by atoms with E-state index in [1.807, 2.05) is 0 Å². The molecule has 4 aromatic rings. The van der Waals surface area contributed by atoms with Gasteiger partial charge in [-0.25, -0.2) is 0 Å². The first kappa shape index (κ1) is 18.8. The summed E-state index contributed by atoms with van der Waals surface area (Å²) in [5.41, 5.74) is 9.87. The zero-order valence-electron chi connectivity index (χ0n) is 17.2. The third kappa shape index (κ3) is 3.94. The van der Waals surface area contributed by atoms with E-state index in [1.165, 1.54) is 38.9 Å². The van der Waals surface area contributed by atoms with E-state index < -0.39 is 0 Å². The van der Waals surface area contributed by atoms with Gasteiger partial charge in [-0.2, -0.15) is 0 Å². The van der Waals surface area contributed by atoms with Crippen molar-refractivity contribution in [1.82, 2.24) is 5.32 Å². The molecule has 0 spiro atoms. The van der Waals surface area contributed by atoms with Crippen molar-refractivity contribution in [3.05, 3.63) is 131 Å². The SMILES string of the molecule is c1ccc(C(CCNCc2ccc3c(c2)Cc2ccccc2-3)c2ccccc2)cc1. The van der Waals surface area contributed by atoms with Gasteiger partial charge in [0, 0.05) is 12.5 Å². The predicted octanol–water partition coefficient (Wildman–Crippen LogP) is 6.57. The summed E-state index contributed by atoms with van der Waals surface area (Å²) in [6.45, 7) is 1.91. The van der Waals surface area contributed by atoms with Crippen molar-refractivity contribution in [1.29, 1.82) is 0 Å². The highest BCUT2D eigenvalue weighted by molar-refractivity contribution is 5.76. The Hall–Kier alpha value is -3.16. The summed E-state index contributed by atoms with van der Waals surface area (Å²) in [6, 6.07) is 37.5. The monoisotopic (exact) mass is 389 g/mol. The normalized spacial score (nSPS) is 12.0. The van der Waals surface area contributed by atoms with Gasteiger partial charge in [-0.15, -0.1) is 0 Å². The Kier molecular flexibility index (Phi) is 5.46. The molecule has 5 rings (SSSR count). The van der Waals surface area contributed by atoms with Gasteiger partial charge in [0.15, 0.2) is 0 Å². The molecule has 1 N–H and O–H groups in total. The van der Waals surface area contributed by atoms with Gasteiger partial charge in [-0.05, 0) is 58.3 Å².